The second kappa shape index (κ2) is 10.3. The van der Waals surface area contributed by atoms with E-state index < -0.39 is 0 Å². The molecule has 0 aliphatic heterocycles. The maximum Gasteiger partial charge on any atom is 0.251 e. The number of benzene rings is 3. The summed E-state index contributed by atoms with van der Waals surface area (Å²) in [6.45, 7) is 3.91. The molecule has 0 bridgehead atoms. The van der Waals surface area contributed by atoms with Crippen molar-refractivity contribution in [3.8, 4) is 5.75 Å². The zero-order valence-electron chi connectivity index (χ0n) is 18.1. The van der Waals surface area contributed by atoms with Crippen LogP contribution in [0, 0.1) is 6.92 Å². The van der Waals surface area contributed by atoms with E-state index in [0.29, 0.717) is 30.2 Å². The molecule has 164 valence electrons. The number of nitrogens with zero attached hydrogens (tertiary/aromatic N) is 2. The third-order valence-corrected chi connectivity index (χ3v) is 5.54. The molecule has 0 unspecified atom stereocenters. The van der Waals surface area contributed by atoms with Crippen LogP contribution in [0.4, 0.5) is 0 Å². The number of carbonyl (C=O) groups excluding carboxylic acids is 1. The van der Waals surface area contributed by atoms with Gasteiger partial charge in [0.05, 0.1) is 17.6 Å². The maximum absolute atomic E-state index is 12.4. The molecule has 4 rings (SSSR count). The van der Waals surface area contributed by atoms with E-state index in [-0.39, 0.29) is 5.91 Å². The van der Waals surface area contributed by atoms with Gasteiger partial charge in [0.1, 0.15) is 11.6 Å². The monoisotopic (exact) mass is 447 g/mol. The number of para-hydroxylation sites is 2. The minimum Gasteiger partial charge on any atom is -0.494 e. The molecule has 0 atom stereocenters. The van der Waals surface area contributed by atoms with Crippen LogP contribution in [-0.2, 0) is 13.0 Å². The lowest BCUT2D eigenvalue weighted by molar-refractivity contribution is 0.0954. The quantitative estimate of drug-likeness (QED) is 0.347. The van der Waals surface area contributed by atoms with E-state index in [0.717, 1.165) is 41.1 Å². The van der Waals surface area contributed by atoms with E-state index in [4.69, 9.17) is 21.3 Å². The first-order valence-electron chi connectivity index (χ1n) is 10.8. The van der Waals surface area contributed by atoms with Crippen molar-refractivity contribution in [2.24, 2.45) is 0 Å². The third kappa shape index (κ3) is 5.48. The van der Waals surface area contributed by atoms with Crippen molar-refractivity contribution in [2.45, 2.75) is 26.3 Å². The molecule has 6 heteroatoms. The molecule has 32 heavy (non-hydrogen) atoms. The number of aromatic nitrogens is 2. The van der Waals surface area contributed by atoms with Crippen LogP contribution >= 0.6 is 11.6 Å². The fraction of sp³-hybridized carbons (Fsp3) is 0.231. The number of nitrogens with one attached hydrogen (secondary N) is 1. The molecule has 1 amide bonds. The standard InChI is InChI=1S/C26H26ClN3O2/c1-19-7-9-20(10-8-19)26(31)28-16-15-25-29-23-5-2-3-6-24(23)30(25)17-4-18-32-22-13-11-21(27)12-14-22/h2-3,5-14H,4,15-18H2,1H3,(H,28,31). The van der Waals surface area contributed by atoms with Crippen molar-refractivity contribution in [3.05, 3.63) is 94.8 Å². The van der Waals surface area contributed by atoms with E-state index in [1.165, 1.54) is 0 Å². The minimum absolute atomic E-state index is 0.0657. The van der Waals surface area contributed by atoms with Gasteiger partial charge in [0.2, 0.25) is 0 Å². The Bertz CT molecular complexity index is 1180. The predicted molar refractivity (Wildman–Crippen MR) is 129 cm³/mol. The van der Waals surface area contributed by atoms with Crippen LogP contribution in [0.3, 0.4) is 0 Å². The number of hydrogen-bond acceptors (Lipinski definition) is 3. The molecular formula is C26H26ClN3O2. The second-order valence-corrected chi connectivity index (χ2v) is 8.13. The molecule has 0 aliphatic carbocycles. The van der Waals surface area contributed by atoms with Crippen molar-refractivity contribution in [1.82, 2.24) is 14.9 Å². The summed E-state index contributed by atoms with van der Waals surface area (Å²) < 4.78 is 8.05. The summed E-state index contributed by atoms with van der Waals surface area (Å²) in [4.78, 5) is 17.2. The highest BCUT2D eigenvalue weighted by molar-refractivity contribution is 6.30. The average Bonchev–Trinajstić information content (AvgIpc) is 3.15. The highest BCUT2D eigenvalue weighted by Gasteiger charge is 2.11. The van der Waals surface area contributed by atoms with Gasteiger partial charge in [-0.2, -0.15) is 0 Å². The minimum atomic E-state index is -0.0657. The Morgan fingerprint density at radius 2 is 1.78 bits per heavy atom. The first-order chi connectivity index (χ1) is 15.6. The fourth-order valence-electron chi connectivity index (χ4n) is 3.60. The average molecular weight is 448 g/mol. The maximum atomic E-state index is 12.4. The molecule has 0 fully saturated rings. The Balaban J connectivity index is 1.36. The van der Waals surface area contributed by atoms with Gasteiger partial charge >= 0.3 is 0 Å². The van der Waals surface area contributed by atoms with Crippen LogP contribution in [0.25, 0.3) is 11.0 Å². The van der Waals surface area contributed by atoms with Gasteiger partial charge in [-0.05, 0) is 61.9 Å². The van der Waals surface area contributed by atoms with Crippen molar-refractivity contribution >= 4 is 28.5 Å². The van der Waals surface area contributed by atoms with Crippen LogP contribution in [-0.4, -0.2) is 28.6 Å². The molecule has 1 aromatic heterocycles. The van der Waals surface area contributed by atoms with E-state index >= 15 is 0 Å². The molecule has 1 N–H and O–H groups in total. The molecule has 0 spiro atoms. The van der Waals surface area contributed by atoms with Crippen LogP contribution < -0.4 is 10.1 Å². The Hall–Kier alpha value is -3.31. The summed E-state index contributed by atoms with van der Waals surface area (Å²) in [6.07, 6.45) is 1.50. The number of hydrogen-bond donors (Lipinski definition) is 1. The first kappa shape index (κ1) is 21.9. The zero-order chi connectivity index (χ0) is 22.3. The van der Waals surface area contributed by atoms with E-state index in [2.05, 4.69) is 16.0 Å². The van der Waals surface area contributed by atoms with Gasteiger partial charge in [-0.1, -0.05) is 41.4 Å². The highest BCUT2D eigenvalue weighted by atomic mass is 35.5. The molecule has 0 saturated carbocycles. The number of rotatable bonds is 9. The first-order valence-corrected chi connectivity index (χ1v) is 11.2. The van der Waals surface area contributed by atoms with Gasteiger partial charge in [0, 0.05) is 30.1 Å². The normalized spacial score (nSPS) is 10.9. The fourth-order valence-corrected chi connectivity index (χ4v) is 3.73. The Morgan fingerprint density at radius 1 is 1.03 bits per heavy atom. The summed E-state index contributed by atoms with van der Waals surface area (Å²) in [5, 5.41) is 3.70. The lowest BCUT2D eigenvalue weighted by atomic mass is 10.1. The van der Waals surface area contributed by atoms with Crippen molar-refractivity contribution in [1.29, 1.82) is 0 Å². The molecule has 1 heterocycles. The number of imidazole rings is 1. The van der Waals surface area contributed by atoms with E-state index in [9.17, 15) is 4.79 Å². The molecule has 0 saturated heterocycles. The molecule has 5 nitrogen and oxygen atoms in total. The smallest absolute Gasteiger partial charge is 0.251 e. The van der Waals surface area contributed by atoms with E-state index in [1.807, 2.05) is 73.7 Å². The SMILES string of the molecule is Cc1ccc(C(=O)NCCc2nc3ccccc3n2CCCOc2ccc(Cl)cc2)cc1. The van der Waals surface area contributed by atoms with Gasteiger partial charge in [-0.3, -0.25) is 4.79 Å². The van der Waals surface area contributed by atoms with Crippen molar-refractivity contribution in [2.75, 3.05) is 13.2 Å². The predicted octanol–water partition coefficient (Wildman–Crippen LogP) is 5.44. The van der Waals surface area contributed by atoms with Crippen LogP contribution in [0.15, 0.2) is 72.8 Å². The summed E-state index contributed by atoms with van der Waals surface area (Å²) in [6, 6.07) is 23.1. The number of carbonyl (C=O) groups is 1. The topological polar surface area (TPSA) is 56.2 Å². The molecular weight excluding hydrogens is 422 g/mol. The summed E-state index contributed by atoms with van der Waals surface area (Å²) in [5.74, 6) is 1.70. The van der Waals surface area contributed by atoms with E-state index in [1.54, 1.807) is 0 Å². The second-order valence-electron chi connectivity index (χ2n) is 7.70. The highest BCUT2D eigenvalue weighted by Crippen LogP contribution is 2.18. The summed E-state index contributed by atoms with van der Waals surface area (Å²) >= 11 is 5.92. The number of aryl methyl sites for hydroxylation is 2. The molecule has 0 aliphatic rings. The largest absolute Gasteiger partial charge is 0.494 e. The van der Waals surface area contributed by atoms with Crippen LogP contribution in [0.2, 0.25) is 5.02 Å². The van der Waals surface area contributed by atoms with Crippen LogP contribution in [0.1, 0.15) is 28.2 Å². The van der Waals surface area contributed by atoms with Crippen molar-refractivity contribution in [3.63, 3.8) is 0 Å². The zero-order valence-corrected chi connectivity index (χ0v) is 18.8. The number of amides is 1. The number of fused-ring (bicyclic) bond motifs is 1. The molecule has 3 aromatic carbocycles. The molecule has 0 radical (unpaired) electrons. The molecule has 4 aromatic rings. The Labute approximate surface area is 193 Å². The third-order valence-electron chi connectivity index (χ3n) is 5.29. The van der Waals surface area contributed by atoms with Gasteiger partial charge in [0.25, 0.3) is 5.91 Å². The van der Waals surface area contributed by atoms with Gasteiger partial charge in [-0.25, -0.2) is 4.98 Å². The van der Waals surface area contributed by atoms with Gasteiger partial charge in [0.15, 0.2) is 0 Å². The van der Waals surface area contributed by atoms with Crippen LogP contribution in [0.5, 0.6) is 5.75 Å². The lowest BCUT2D eigenvalue weighted by Crippen LogP contribution is -2.26. The Kier molecular flexibility index (Phi) is 7.07. The Morgan fingerprint density at radius 3 is 2.56 bits per heavy atom. The van der Waals surface area contributed by atoms with Gasteiger partial charge < -0.3 is 14.6 Å². The van der Waals surface area contributed by atoms with Gasteiger partial charge in [-0.15, -0.1) is 0 Å². The summed E-state index contributed by atoms with van der Waals surface area (Å²) in [5.41, 5.74) is 3.86. The van der Waals surface area contributed by atoms with Crippen molar-refractivity contribution < 1.29 is 9.53 Å². The number of ether oxygens (including phenoxy) is 1. The number of halogens is 1. The summed E-state index contributed by atoms with van der Waals surface area (Å²) in [7, 11) is 0. The lowest BCUT2D eigenvalue weighted by Gasteiger charge is -2.11.